The van der Waals surface area contributed by atoms with E-state index in [2.05, 4.69) is 5.32 Å². The van der Waals surface area contributed by atoms with Crippen LogP contribution in [0, 0.1) is 0 Å². The van der Waals surface area contributed by atoms with Crippen LogP contribution in [-0.4, -0.2) is 46.4 Å². The Labute approximate surface area is 148 Å². The van der Waals surface area contributed by atoms with Gasteiger partial charge in [-0.05, 0) is 44.9 Å². The second-order valence-electron chi connectivity index (χ2n) is 6.46. The highest BCUT2D eigenvalue weighted by Gasteiger charge is 2.42. The van der Waals surface area contributed by atoms with E-state index in [4.69, 9.17) is 5.11 Å². The van der Waals surface area contributed by atoms with Crippen molar-refractivity contribution >= 4 is 17.8 Å². The van der Waals surface area contributed by atoms with E-state index < -0.39 is 17.4 Å². The van der Waals surface area contributed by atoms with E-state index in [0.717, 1.165) is 19.3 Å². The number of carbonyl (C=O) groups is 3. The molecule has 0 aliphatic heterocycles. The quantitative estimate of drug-likeness (QED) is 0.829. The summed E-state index contributed by atoms with van der Waals surface area (Å²) >= 11 is 0. The van der Waals surface area contributed by atoms with Crippen molar-refractivity contribution in [2.75, 3.05) is 13.1 Å². The summed E-state index contributed by atoms with van der Waals surface area (Å²) < 4.78 is 0. The van der Waals surface area contributed by atoms with Crippen LogP contribution in [0.3, 0.4) is 0 Å². The number of amides is 2. The van der Waals surface area contributed by atoms with Gasteiger partial charge in [-0.15, -0.1) is 0 Å². The number of aromatic carboxylic acids is 1. The Morgan fingerprint density at radius 2 is 1.68 bits per heavy atom. The van der Waals surface area contributed by atoms with E-state index in [1.54, 1.807) is 11.0 Å². The summed E-state index contributed by atoms with van der Waals surface area (Å²) in [5, 5.41) is 12.0. The number of carbonyl (C=O) groups excluding carboxylic acids is 2. The van der Waals surface area contributed by atoms with Crippen LogP contribution in [0.1, 0.15) is 66.7 Å². The molecule has 1 aliphatic carbocycles. The second kappa shape index (κ2) is 8.14. The number of nitrogens with one attached hydrogen (secondary N) is 1. The van der Waals surface area contributed by atoms with Gasteiger partial charge in [0.05, 0.1) is 5.56 Å². The number of nitrogens with zero attached hydrogens (tertiary/aromatic N) is 1. The Kier molecular flexibility index (Phi) is 6.17. The molecule has 136 valence electrons. The average Bonchev–Trinajstić information content (AvgIpc) is 2.63. The average molecular weight is 346 g/mol. The van der Waals surface area contributed by atoms with Crippen molar-refractivity contribution in [3.8, 4) is 0 Å². The highest BCUT2D eigenvalue weighted by Crippen LogP contribution is 2.30. The second-order valence-corrected chi connectivity index (χ2v) is 6.46. The minimum absolute atomic E-state index is 0.0417. The molecule has 0 spiro atoms. The largest absolute Gasteiger partial charge is 0.478 e. The summed E-state index contributed by atoms with van der Waals surface area (Å²) in [5.41, 5.74) is -0.571. The highest BCUT2D eigenvalue weighted by atomic mass is 16.4. The molecule has 2 N–H and O–H groups in total. The number of rotatable bonds is 6. The number of benzene rings is 1. The van der Waals surface area contributed by atoms with Gasteiger partial charge >= 0.3 is 5.97 Å². The van der Waals surface area contributed by atoms with Gasteiger partial charge in [0.25, 0.3) is 5.91 Å². The molecule has 1 aliphatic rings. The number of hydrogen-bond donors (Lipinski definition) is 2. The maximum Gasteiger partial charge on any atom is 0.335 e. The summed E-state index contributed by atoms with van der Waals surface area (Å²) in [6.07, 6.45) is 4.07. The van der Waals surface area contributed by atoms with E-state index in [0.29, 0.717) is 25.9 Å². The first-order valence-electron chi connectivity index (χ1n) is 8.88. The highest BCUT2D eigenvalue weighted by molar-refractivity contribution is 6.01. The minimum Gasteiger partial charge on any atom is -0.478 e. The summed E-state index contributed by atoms with van der Waals surface area (Å²) in [6.45, 7) is 5.05. The van der Waals surface area contributed by atoms with Crippen LogP contribution in [0.25, 0.3) is 0 Å². The van der Waals surface area contributed by atoms with Gasteiger partial charge in [-0.25, -0.2) is 4.79 Å². The SMILES string of the molecule is CCN(CC)C(=O)C1(NC(=O)c2cccc(C(=O)O)c2)CCCCC1. The number of carboxylic acid groups (broad SMARTS) is 1. The van der Waals surface area contributed by atoms with Crippen LogP contribution < -0.4 is 5.32 Å². The molecule has 0 bridgehead atoms. The third-order valence-electron chi connectivity index (χ3n) is 4.89. The molecule has 1 fully saturated rings. The van der Waals surface area contributed by atoms with E-state index >= 15 is 0 Å². The van der Waals surface area contributed by atoms with Gasteiger partial charge in [0.2, 0.25) is 5.91 Å². The van der Waals surface area contributed by atoms with Crippen LogP contribution in [0.4, 0.5) is 0 Å². The Morgan fingerprint density at radius 3 is 2.24 bits per heavy atom. The molecule has 0 radical (unpaired) electrons. The normalized spacial score (nSPS) is 16.1. The fourth-order valence-electron chi connectivity index (χ4n) is 3.44. The van der Waals surface area contributed by atoms with Crippen LogP contribution in [-0.2, 0) is 4.79 Å². The van der Waals surface area contributed by atoms with Gasteiger partial charge in [-0.3, -0.25) is 9.59 Å². The molecular formula is C19H26N2O4. The predicted octanol–water partition coefficient (Wildman–Crippen LogP) is 2.69. The Hall–Kier alpha value is -2.37. The maximum absolute atomic E-state index is 13.0. The van der Waals surface area contributed by atoms with Crippen LogP contribution in [0.15, 0.2) is 24.3 Å². The van der Waals surface area contributed by atoms with Gasteiger partial charge in [-0.2, -0.15) is 0 Å². The Bertz CT molecular complexity index is 647. The summed E-state index contributed by atoms with van der Waals surface area (Å²) in [4.78, 5) is 38.6. The summed E-state index contributed by atoms with van der Waals surface area (Å²) in [7, 11) is 0. The molecule has 1 saturated carbocycles. The fourth-order valence-corrected chi connectivity index (χ4v) is 3.44. The van der Waals surface area contributed by atoms with Crippen molar-refractivity contribution in [3.05, 3.63) is 35.4 Å². The van der Waals surface area contributed by atoms with Gasteiger partial charge in [0, 0.05) is 18.7 Å². The van der Waals surface area contributed by atoms with E-state index in [1.807, 2.05) is 13.8 Å². The fraction of sp³-hybridized carbons (Fsp3) is 0.526. The number of carboxylic acids is 1. The van der Waals surface area contributed by atoms with Gasteiger partial charge < -0.3 is 15.3 Å². The summed E-state index contributed by atoms with van der Waals surface area (Å²) in [6, 6.07) is 5.89. The molecule has 1 aromatic carbocycles. The molecule has 0 atom stereocenters. The first-order chi connectivity index (χ1) is 11.9. The van der Waals surface area contributed by atoms with Crippen molar-refractivity contribution in [2.24, 2.45) is 0 Å². The Balaban J connectivity index is 2.27. The van der Waals surface area contributed by atoms with E-state index in [1.165, 1.54) is 18.2 Å². The number of likely N-dealkylation sites (N-methyl/N-ethyl adjacent to an activating group) is 1. The lowest BCUT2D eigenvalue weighted by Gasteiger charge is -2.40. The molecule has 1 aromatic rings. The molecule has 0 aromatic heterocycles. The van der Waals surface area contributed by atoms with Crippen molar-refractivity contribution in [1.29, 1.82) is 0 Å². The predicted molar refractivity (Wildman–Crippen MR) is 94.6 cm³/mol. The minimum atomic E-state index is -1.08. The zero-order valence-corrected chi connectivity index (χ0v) is 14.9. The van der Waals surface area contributed by atoms with Crippen LogP contribution >= 0.6 is 0 Å². The summed E-state index contributed by atoms with van der Waals surface area (Å²) in [5.74, 6) is -1.52. The molecule has 6 heteroatoms. The zero-order chi connectivity index (χ0) is 18.4. The van der Waals surface area contributed by atoms with Crippen molar-refractivity contribution in [2.45, 2.75) is 51.5 Å². The van der Waals surface area contributed by atoms with E-state index in [-0.39, 0.29) is 17.0 Å². The molecule has 25 heavy (non-hydrogen) atoms. The molecule has 0 unspecified atom stereocenters. The van der Waals surface area contributed by atoms with Crippen LogP contribution in [0.5, 0.6) is 0 Å². The Morgan fingerprint density at radius 1 is 1.08 bits per heavy atom. The molecule has 2 rings (SSSR count). The smallest absolute Gasteiger partial charge is 0.335 e. The molecule has 2 amide bonds. The zero-order valence-electron chi connectivity index (χ0n) is 14.9. The molecule has 6 nitrogen and oxygen atoms in total. The maximum atomic E-state index is 13.0. The van der Waals surface area contributed by atoms with Gasteiger partial charge in [0.15, 0.2) is 0 Å². The van der Waals surface area contributed by atoms with Crippen molar-refractivity contribution in [1.82, 2.24) is 10.2 Å². The molecular weight excluding hydrogens is 320 g/mol. The van der Waals surface area contributed by atoms with Crippen molar-refractivity contribution in [3.63, 3.8) is 0 Å². The lowest BCUT2D eigenvalue weighted by Crippen LogP contribution is -2.60. The lowest BCUT2D eigenvalue weighted by molar-refractivity contribution is -0.139. The van der Waals surface area contributed by atoms with Gasteiger partial charge in [0.1, 0.15) is 5.54 Å². The van der Waals surface area contributed by atoms with Crippen LogP contribution in [0.2, 0.25) is 0 Å². The third-order valence-corrected chi connectivity index (χ3v) is 4.89. The molecule has 0 heterocycles. The van der Waals surface area contributed by atoms with Crippen molar-refractivity contribution < 1.29 is 19.5 Å². The third kappa shape index (κ3) is 4.18. The molecule has 0 saturated heterocycles. The standard InChI is InChI=1S/C19H26N2O4/c1-3-21(4-2)18(25)19(11-6-5-7-12-19)20-16(22)14-9-8-10-15(13-14)17(23)24/h8-10,13H,3-7,11-12H2,1-2H3,(H,20,22)(H,23,24). The van der Waals surface area contributed by atoms with Gasteiger partial charge in [-0.1, -0.05) is 25.3 Å². The first kappa shape index (κ1) is 19.0. The number of hydrogen-bond acceptors (Lipinski definition) is 3. The van der Waals surface area contributed by atoms with E-state index in [9.17, 15) is 14.4 Å². The topological polar surface area (TPSA) is 86.7 Å². The lowest BCUT2D eigenvalue weighted by atomic mass is 9.80. The monoisotopic (exact) mass is 346 g/mol. The first-order valence-corrected chi connectivity index (χ1v) is 8.88.